The lowest BCUT2D eigenvalue weighted by atomic mass is 9.82. The van der Waals surface area contributed by atoms with Crippen LogP contribution in [0.5, 0.6) is 5.75 Å². The van der Waals surface area contributed by atoms with Gasteiger partial charge in [0, 0.05) is 44.7 Å². The van der Waals surface area contributed by atoms with Crippen LogP contribution in [0.15, 0.2) is 66.7 Å². The van der Waals surface area contributed by atoms with Crippen molar-refractivity contribution >= 4 is 17.7 Å². The van der Waals surface area contributed by atoms with Crippen molar-refractivity contribution in [3.05, 3.63) is 77.9 Å². The Hall–Kier alpha value is -3.61. The summed E-state index contributed by atoms with van der Waals surface area (Å²) >= 11 is 0. The first-order chi connectivity index (χ1) is 18.5. The van der Waals surface area contributed by atoms with Gasteiger partial charge in [-0.15, -0.1) is 0 Å². The molecule has 1 fully saturated rings. The molecule has 0 aromatic heterocycles. The second kappa shape index (κ2) is 13.3. The maximum Gasteiger partial charge on any atom is 0.242 e. The number of benzene rings is 2. The number of carbonyl (C=O) groups is 3. The van der Waals surface area contributed by atoms with Crippen LogP contribution in [0.25, 0.3) is 0 Å². The highest BCUT2D eigenvalue weighted by atomic mass is 16.5. The summed E-state index contributed by atoms with van der Waals surface area (Å²) in [5, 5.41) is 0. The van der Waals surface area contributed by atoms with Crippen molar-refractivity contribution in [2.75, 3.05) is 39.3 Å². The van der Waals surface area contributed by atoms with Gasteiger partial charge in [0.1, 0.15) is 18.9 Å². The minimum Gasteiger partial charge on any atom is -0.489 e. The summed E-state index contributed by atoms with van der Waals surface area (Å²) in [6.45, 7) is 7.24. The number of ether oxygens (including phenoxy) is 1. The van der Waals surface area contributed by atoms with E-state index in [1.165, 1.54) is 0 Å². The van der Waals surface area contributed by atoms with Gasteiger partial charge in [0.2, 0.25) is 17.7 Å². The van der Waals surface area contributed by atoms with E-state index in [-0.39, 0.29) is 42.5 Å². The fraction of sp³-hybridized carbons (Fsp3) is 0.452. The Labute approximate surface area is 226 Å². The Balaban J connectivity index is 1.57. The van der Waals surface area contributed by atoms with Gasteiger partial charge in [-0.05, 0) is 43.7 Å². The molecule has 38 heavy (non-hydrogen) atoms. The number of fused-ring (bicyclic) bond motifs is 3. The Morgan fingerprint density at radius 1 is 1.00 bits per heavy atom. The SMILES string of the molecule is CCN(CC)C(=O)C[C@@H]1CCN2C[C@@H]1/C=C\COc1ccccc1CN(C(=O)Cc1ccccc1)CC2=O. The molecule has 2 atom stereocenters. The molecule has 2 aliphatic heterocycles. The second-order valence-electron chi connectivity index (χ2n) is 10.1. The Morgan fingerprint density at radius 3 is 2.50 bits per heavy atom. The summed E-state index contributed by atoms with van der Waals surface area (Å²) in [5.41, 5.74) is 1.79. The van der Waals surface area contributed by atoms with Crippen molar-refractivity contribution in [1.29, 1.82) is 0 Å². The van der Waals surface area contributed by atoms with Crippen molar-refractivity contribution in [3.8, 4) is 5.75 Å². The van der Waals surface area contributed by atoms with Crippen LogP contribution in [0.1, 0.15) is 37.8 Å². The molecule has 0 spiro atoms. The van der Waals surface area contributed by atoms with E-state index in [9.17, 15) is 14.4 Å². The summed E-state index contributed by atoms with van der Waals surface area (Å²) in [7, 11) is 0. The minimum atomic E-state index is -0.0939. The molecule has 7 nitrogen and oxygen atoms in total. The van der Waals surface area contributed by atoms with Gasteiger partial charge >= 0.3 is 0 Å². The quantitative estimate of drug-likeness (QED) is 0.545. The summed E-state index contributed by atoms with van der Waals surface area (Å²) in [5.74, 6) is 0.938. The summed E-state index contributed by atoms with van der Waals surface area (Å²) in [6.07, 6.45) is 5.58. The van der Waals surface area contributed by atoms with Gasteiger partial charge in [-0.2, -0.15) is 0 Å². The highest BCUT2D eigenvalue weighted by Crippen LogP contribution is 2.29. The van der Waals surface area contributed by atoms with Gasteiger partial charge in [-0.3, -0.25) is 14.4 Å². The van der Waals surface area contributed by atoms with Crippen LogP contribution in [0.2, 0.25) is 0 Å². The van der Waals surface area contributed by atoms with Gasteiger partial charge in [0.05, 0.1) is 6.42 Å². The van der Waals surface area contributed by atoms with Crippen LogP contribution >= 0.6 is 0 Å². The first kappa shape index (κ1) is 27.4. The normalized spacial score (nSPS) is 20.7. The average molecular weight is 518 g/mol. The molecule has 4 rings (SSSR count). The fourth-order valence-corrected chi connectivity index (χ4v) is 5.39. The number of hydrogen-bond acceptors (Lipinski definition) is 4. The maximum absolute atomic E-state index is 13.5. The van der Waals surface area contributed by atoms with Gasteiger partial charge in [-0.1, -0.05) is 60.7 Å². The molecule has 2 aliphatic rings. The Bertz CT molecular complexity index is 1130. The first-order valence-electron chi connectivity index (χ1n) is 13.7. The Kier molecular flexibility index (Phi) is 9.57. The second-order valence-corrected chi connectivity index (χ2v) is 10.1. The number of rotatable bonds is 6. The van der Waals surface area contributed by atoms with Crippen LogP contribution in [0, 0.1) is 11.8 Å². The van der Waals surface area contributed by atoms with E-state index in [1.807, 2.05) is 84.3 Å². The van der Waals surface area contributed by atoms with Crippen molar-refractivity contribution in [2.45, 2.75) is 39.7 Å². The van der Waals surface area contributed by atoms with E-state index >= 15 is 0 Å². The van der Waals surface area contributed by atoms with Gasteiger partial charge in [0.25, 0.3) is 0 Å². The number of amides is 3. The summed E-state index contributed by atoms with van der Waals surface area (Å²) in [6, 6.07) is 17.3. The molecule has 7 heteroatoms. The Morgan fingerprint density at radius 2 is 1.74 bits per heavy atom. The summed E-state index contributed by atoms with van der Waals surface area (Å²) < 4.78 is 6.10. The van der Waals surface area contributed by atoms with E-state index in [2.05, 4.69) is 6.08 Å². The van der Waals surface area contributed by atoms with E-state index < -0.39 is 0 Å². The molecule has 0 saturated carbocycles. The van der Waals surface area contributed by atoms with Gasteiger partial charge in [0.15, 0.2) is 0 Å². The number of hydrogen-bond donors (Lipinski definition) is 0. The maximum atomic E-state index is 13.5. The molecule has 0 unspecified atom stereocenters. The molecule has 202 valence electrons. The smallest absolute Gasteiger partial charge is 0.242 e. The number of carbonyl (C=O) groups excluding carboxylic acids is 3. The predicted molar refractivity (Wildman–Crippen MR) is 147 cm³/mol. The zero-order valence-electron chi connectivity index (χ0n) is 22.6. The third-order valence-corrected chi connectivity index (χ3v) is 7.64. The van der Waals surface area contributed by atoms with E-state index in [1.54, 1.807) is 4.90 Å². The molecule has 2 heterocycles. The zero-order chi connectivity index (χ0) is 26.9. The van der Waals surface area contributed by atoms with Crippen molar-refractivity contribution in [3.63, 3.8) is 0 Å². The van der Waals surface area contributed by atoms with Crippen LogP contribution in [0.3, 0.4) is 0 Å². The third-order valence-electron chi connectivity index (χ3n) is 7.64. The lowest BCUT2D eigenvalue weighted by molar-refractivity contribution is -0.142. The molecular formula is C31H39N3O4. The van der Waals surface area contributed by atoms with Crippen LogP contribution in [-0.2, 0) is 27.3 Å². The van der Waals surface area contributed by atoms with Crippen LogP contribution in [-0.4, -0.2) is 71.8 Å². The van der Waals surface area contributed by atoms with Crippen molar-refractivity contribution in [2.24, 2.45) is 11.8 Å². The molecule has 2 aromatic rings. The monoisotopic (exact) mass is 517 g/mol. The number of piperidine rings is 1. The molecule has 0 aliphatic carbocycles. The predicted octanol–water partition coefficient (Wildman–Crippen LogP) is 3.93. The molecule has 0 N–H and O–H groups in total. The summed E-state index contributed by atoms with van der Waals surface area (Å²) in [4.78, 5) is 45.2. The van der Waals surface area contributed by atoms with E-state index in [0.29, 0.717) is 51.5 Å². The highest BCUT2D eigenvalue weighted by Gasteiger charge is 2.33. The van der Waals surface area contributed by atoms with Crippen molar-refractivity contribution < 1.29 is 19.1 Å². The van der Waals surface area contributed by atoms with Crippen LogP contribution < -0.4 is 4.74 Å². The first-order valence-corrected chi connectivity index (χ1v) is 13.7. The lowest BCUT2D eigenvalue weighted by Crippen LogP contribution is -2.49. The van der Waals surface area contributed by atoms with E-state index in [0.717, 1.165) is 17.5 Å². The molecular weight excluding hydrogens is 478 g/mol. The number of nitrogens with zero attached hydrogens (tertiary/aromatic N) is 3. The molecule has 3 amide bonds. The van der Waals surface area contributed by atoms with Gasteiger partial charge in [-0.25, -0.2) is 0 Å². The zero-order valence-corrected chi connectivity index (χ0v) is 22.6. The minimum absolute atomic E-state index is 0.0134. The molecule has 2 bridgehead atoms. The standard InChI is InChI=1S/C31H39N3O4/c1-3-32(4-2)30(36)20-25-16-17-33-21-26(25)14-10-18-38-28-15-9-8-13-27(28)22-34(23-31(33)37)29(35)19-24-11-6-5-7-12-24/h5-15,25-26H,3-4,16-23H2,1-2H3/b14-10-/t25-,26-/m0/s1. The molecule has 0 radical (unpaired) electrons. The molecule has 1 saturated heterocycles. The van der Waals surface area contributed by atoms with Gasteiger partial charge < -0.3 is 19.4 Å². The average Bonchev–Trinajstić information content (AvgIpc) is 2.93. The molecule has 2 aromatic carbocycles. The van der Waals surface area contributed by atoms with E-state index in [4.69, 9.17) is 4.74 Å². The largest absolute Gasteiger partial charge is 0.489 e. The van der Waals surface area contributed by atoms with Crippen molar-refractivity contribution in [1.82, 2.24) is 14.7 Å². The highest BCUT2D eigenvalue weighted by molar-refractivity contribution is 5.86. The topological polar surface area (TPSA) is 70.2 Å². The number of para-hydroxylation sites is 1. The lowest BCUT2D eigenvalue weighted by Gasteiger charge is -2.38. The third kappa shape index (κ3) is 7.03. The fourth-order valence-electron chi connectivity index (χ4n) is 5.39. The van der Waals surface area contributed by atoms with Crippen LogP contribution in [0.4, 0.5) is 0 Å².